The number of hydrogen-bond donors (Lipinski definition) is 0. The zero-order valence-electron chi connectivity index (χ0n) is 5.54. The van der Waals surface area contributed by atoms with E-state index < -0.39 is 0 Å². The maximum absolute atomic E-state index is 8.68. The summed E-state index contributed by atoms with van der Waals surface area (Å²) < 4.78 is 1.19. The molecule has 1 rings (SSSR count). The van der Waals surface area contributed by atoms with Gasteiger partial charge in [-0.2, -0.15) is 5.26 Å². The highest BCUT2D eigenvalue weighted by molar-refractivity contribution is 9.11. The van der Waals surface area contributed by atoms with Gasteiger partial charge in [-0.25, -0.2) is 0 Å². The Morgan fingerprint density at radius 3 is 2.42 bits per heavy atom. The summed E-state index contributed by atoms with van der Waals surface area (Å²) in [6, 6.07) is 3.54. The molecule has 12 heavy (non-hydrogen) atoms. The summed E-state index contributed by atoms with van der Waals surface area (Å²) in [5, 5.41) is 9.51. The Labute approximate surface area is 96.5 Å². The molecule has 0 N–H and O–H groups in total. The number of rotatable bonds is 0. The zero-order chi connectivity index (χ0) is 9.30. The molecule has 0 aliphatic carbocycles. The van der Waals surface area contributed by atoms with Crippen LogP contribution in [-0.4, -0.2) is 0 Å². The maximum atomic E-state index is 8.68. The van der Waals surface area contributed by atoms with Crippen molar-refractivity contribution in [2.24, 2.45) is 0 Å². The van der Waals surface area contributed by atoms with Crippen molar-refractivity contribution < 1.29 is 0 Å². The van der Waals surface area contributed by atoms with Crippen molar-refractivity contribution in [3.8, 4) is 6.07 Å². The third-order valence-corrected chi connectivity index (χ3v) is 3.79. The van der Waals surface area contributed by atoms with Crippen molar-refractivity contribution in [3.05, 3.63) is 30.6 Å². The second-order valence-corrected chi connectivity index (χ2v) is 4.39. The highest BCUT2D eigenvalue weighted by atomic mass is 79.9. The van der Waals surface area contributed by atoms with Gasteiger partial charge >= 0.3 is 0 Å². The Hall–Kier alpha value is 0.250. The predicted molar refractivity (Wildman–Crippen MR) is 56.6 cm³/mol. The molecule has 0 aliphatic heterocycles. The number of halogens is 4. The van der Waals surface area contributed by atoms with Crippen LogP contribution in [0.3, 0.4) is 0 Å². The van der Waals surface area contributed by atoms with Crippen molar-refractivity contribution in [2.75, 3.05) is 0 Å². The minimum absolute atomic E-state index is 0.352. The normalized spacial score (nSPS) is 9.58. The summed E-state index contributed by atoms with van der Waals surface area (Å²) >= 11 is 18.0. The average molecular weight is 330 g/mol. The second-order valence-electron chi connectivity index (χ2n) is 1.95. The summed E-state index contributed by atoms with van der Waals surface area (Å²) in [6.45, 7) is 0. The lowest BCUT2D eigenvalue weighted by molar-refractivity contribution is 1.45. The van der Waals surface area contributed by atoms with Gasteiger partial charge in [0.2, 0.25) is 0 Å². The highest BCUT2D eigenvalue weighted by Gasteiger charge is 2.11. The molecule has 0 fully saturated rings. The lowest BCUT2D eigenvalue weighted by atomic mass is 10.2. The Balaban J connectivity index is 3.54. The van der Waals surface area contributed by atoms with Gasteiger partial charge in [0.1, 0.15) is 6.07 Å². The van der Waals surface area contributed by atoms with E-state index >= 15 is 0 Å². The van der Waals surface area contributed by atoms with Gasteiger partial charge in [0.05, 0.1) is 20.1 Å². The minimum atomic E-state index is 0.352. The van der Waals surface area contributed by atoms with Gasteiger partial charge in [0, 0.05) is 4.47 Å². The highest BCUT2D eigenvalue weighted by Crippen LogP contribution is 2.37. The Morgan fingerprint density at radius 2 is 1.92 bits per heavy atom. The van der Waals surface area contributed by atoms with Gasteiger partial charge in [-0.3, -0.25) is 0 Å². The van der Waals surface area contributed by atoms with Gasteiger partial charge in [-0.15, -0.1) is 0 Å². The number of hydrogen-bond acceptors (Lipinski definition) is 1. The Morgan fingerprint density at radius 1 is 1.33 bits per heavy atom. The maximum Gasteiger partial charge on any atom is 0.102 e. The van der Waals surface area contributed by atoms with Gasteiger partial charge in [0.25, 0.3) is 0 Å². The summed E-state index contributed by atoms with van der Waals surface area (Å²) in [7, 11) is 0. The van der Waals surface area contributed by atoms with E-state index in [0.717, 1.165) is 0 Å². The first-order chi connectivity index (χ1) is 5.57. The fourth-order valence-corrected chi connectivity index (χ4v) is 2.52. The molecule has 0 aromatic heterocycles. The van der Waals surface area contributed by atoms with E-state index in [4.69, 9.17) is 28.5 Å². The van der Waals surface area contributed by atoms with E-state index in [-0.39, 0.29) is 0 Å². The fraction of sp³-hybridized carbons (Fsp3) is 0. The van der Waals surface area contributed by atoms with Crippen molar-refractivity contribution in [1.29, 1.82) is 5.26 Å². The van der Waals surface area contributed by atoms with Crippen LogP contribution in [0.5, 0.6) is 0 Å². The minimum Gasteiger partial charge on any atom is -0.192 e. The monoisotopic (exact) mass is 327 g/mol. The molecule has 1 nitrogen and oxygen atoms in total. The average Bonchev–Trinajstić information content (AvgIpc) is 2.01. The molecule has 0 heterocycles. The molecule has 0 bridgehead atoms. The molecule has 0 saturated carbocycles. The second kappa shape index (κ2) is 3.97. The van der Waals surface area contributed by atoms with Crippen LogP contribution in [0, 0.1) is 11.3 Å². The molecule has 1 aromatic rings. The van der Waals surface area contributed by atoms with E-state index in [9.17, 15) is 0 Å². The van der Waals surface area contributed by atoms with Gasteiger partial charge in [-0.1, -0.05) is 23.2 Å². The van der Waals surface area contributed by atoms with Crippen molar-refractivity contribution in [3.63, 3.8) is 0 Å². The SMILES string of the molecule is N#Cc1c(Cl)cc(Br)c(Cl)c1Br. The van der Waals surface area contributed by atoms with Crippen LogP contribution in [0.2, 0.25) is 10.0 Å². The summed E-state index contributed by atoms with van der Waals surface area (Å²) in [5.41, 5.74) is 0.352. The standard InChI is InChI=1S/C7HBr2Cl2N/c8-4-1-5(10)3(2-12)6(9)7(4)11/h1H. The van der Waals surface area contributed by atoms with E-state index in [2.05, 4.69) is 31.9 Å². The number of nitrogens with zero attached hydrogens (tertiary/aromatic N) is 1. The molecule has 0 atom stereocenters. The van der Waals surface area contributed by atoms with E-state index in [1.54, 1.807) is 6.07 Å². The Kier molecular flexibility index (Phi) is 3.42. The summed E-state index contributed by atoms with van der Waals surface area (Å²) in [5.74, 6) is 0. The molecular formula is C7HBr2Cl2N. The predicted octanol–water partition coefficient (Wildman–Crippen LogP) is 4.39. The largest absolute Gasteiger partial charge is 0.192 e. The molecule has 0 radical (unpaired) electrons. The molecule has 0 unspecified atom stereocenters. The molecule has 5 heteroatoms. The van der Waals surface area contributed by atoms with E-state index in [1.165, 1.54) is 0 Å². The first-order valence-corrected chi connectivity index (χ1v) is 5.15. The van der Waals surface area contributed by atoms with Crippen molar-refractivity contribution in [1.82, 2.24) is 0 Å². The molecule has 1 aromatic carbocycles. The fourth-order valence-electron chi connectivity index (χ4n) is 0.669. The molecule has 0 aliphatic rings. The molecule has 0 saturated heterocycles. The Bertz CT molecular complexity index is 371. The smallest absolute Gasteiger partial charge is 0.102 e. The van der Waals surface area contributed by atoms with Gasteiger partial charge < -0.3 is 0 Å². The van der Waals surface area contributed by atoms with Crippen LogP contribution in [-0.2, 0) is 0 Å². The first kappa shape index (κ1) is 10.3. The third-order valence-electron chi connectivity index (χ3n) is 1.23. The van der Waals surface area contributed by atoms with E-state index in [1.807, 2.05) is 6.07 Å². The zero-order valence-corrected chi connectivity index (χ0v) is 10.2. The van der Waals surface area contributed by atoms with Gasteiger partial charge in [-0.05, 0) is 37.9 Å². The summed E-state index contributed by atoms with van der Waals surface area (Å²) in [6.07, 6.45) is 0. The van der Waals surface area contributed by atoms with Crippen molar-refractivity contribution in [2.45, 2.75) is 0 Å². The first-order valence-electron chi connectivity index (χ1n) is 2.81. The van der Waals surface area contributed by atoms with Crippen LogP contribution in [0.25, 0.3) is 0 Å². The molecule has 0 spiro atoms. The number of benzene rings is 1. The van der Waals surface area contributed by atoms with E-state index in [0.29, 0.717) is 24.6 Å². The van der Waals surface area contributed by atoms with Crippen molar-refractivity contribution >= 4 is 55.1 Å². The van der Waals surface area contributed by atoms with Gasteiger partial charge in [0.15, 0.2) is 0 Å². The van der Waals surface area contributed by atoms with Crippen LogP contribution in [0.15, 0.2) is 15.0 Å². The lowest BCUT2D eigenvalue weighted by Crippen LogP contribution is -1.82. The summed E-state index contributed by atoms with van der Waals surface area (Å²) in [4.78, 5) is 0. The third kappa shape index (κ3) is 1.77. The van der Waals surface area contributed by atoms with Crippen LogP contribution >= 0.6 is 55.1 Å². The van der Waals surface area contributed by atoms with Crippen LogP contribution in [0.1, 0.15) is 5.56 Å². The quantitative estimate of drug-likeness (QED) is 0.511. The van der Waals surface area contributed by atoms with Crippen LogP contribution in [0.4, 0.5) is 0 Å². The lowest BCUT2D eigenvalue weighted by Gasteiger charge is -2.02. The molecular weight excluding hydrogens is 329 g/mol. The topological polar surface area (TPSA) is 23.8 Å². The molecule has 62 valence electrons. The number of nitriles is 1. The molecule has 0 amide bonds. The van der Waals surface area contributed by atoms with Crippen LogP contribution < -0.4 is 0 Å².